The summed E-state index contributed by atoms with van der Waals surface area (Å²) in [5.74, 6) is -0.537. The zero-order valence-corrected chi connectivity index (χ0v) is 15.0. The third-order valence-corrected chi connectivity index (χ3v) is 3.23. The molecule has 0 aromatic carbocycles. The van der Waals surface area contributed by atoms with Gasteiger partial charge in [0.05, 0.1) is 20.3 Å². The fraction of sp³-hybridized carbons (Fsp3) is 0.625. The number of oxazole rings is 1. The average Bonchev–Trinajstić information content (AvgIpc) is 3.04. The highest BCUT2D eigenvalue weighted by atomic mass is 16.5. The molecule has 0 radical (unpaired) electrons. The first-order valence-corrected chi connectivity index (χ1v) is 8.08. The van der Waals surface area contributed by atoms with E-state index in [0.29, 0.717) is 12.5 Å². The van der Waals surface area contributed by atoms with Crippen LogP contribution in [0.15, 0.2) is 10.7 Å². The van der Waals surface area contributed by atoms with Gasteiger partial charge in [-0.2, -0.15) is 0 Å². The minimum atomic E-state index is -0.615. The molecule has 0 aliphatic rings. The molecule has 1 aromatic rings. The normalized spacial score (nSPS) is 10.4. The van der Waals surface area contributed by atoms with Crippen molar-refractivity contribution in [3.63, 3.8) is 0 Å². The van der Waals surface area contributed by atoms with Crippen molar-refractivity contribution in [3.05, 3.63) is 17.8 Å². The Kier molecular flexibility index (Phi) is 8.45. The molecule has 140 valence electrons. The van der Waals surface area contributed by atoms with Crippen LogP contribution in [0.4, 0.5) is 4.79 Å². The van der Waals surface area contributed by atoms with Gasteiger partial charge in [0.25, 0.3) is 0 Å². The number of carbonyl (C=O) groups excluding carboxylic acids is 3. The summed E-state index contributed by atoms with van der Waals surface area (Å²) in [6, 6.07) is -0.438. The van der Waals surface area contributed by atoms with Crippen LogP contribution in [0.2, 0.25) is 0 Å². The third kappa shape index (κ3) is 7.23. The van der Waals surface area contributed by atoms with Crippen molar-refractivity contribution in [2.75, 3.05) is 26.8 Å². The van der Waals surface area contributed by atoms with Gasteiger partial charge in [0.15, 0.2) is 5.69 Å². The van der Waals surface area contributed by atoms with Crippen LogP contribution in [0.1, 0.15) is 43.6 Å². The van der Waals surface area contributed by atoms with Crippen molar-refractivity contribution in [1.29, 1.82) is 0 Å². The number of rotatable bonds is 9. The van der Waals surface area contributed by atoms with E-state index in [-0.39, 0.29) is 31.3 Å². The molecule has 9 nitrogen and oxygen atoms in total. The molecule has 0 bridgehead atoms. The Bertz CT molecular complexity index is 584. The molecule has 0 atom stereocenters. The zero-order valence-electron chi connectivity index (χ0n) is 15.0. The Labute approximate surface area is 146 Å². The Morgan fingerprint density at radius 3 is 2.68 bits per heavy atom. The molecule has 0 aliphatic heterocycles. The largest absolute Gasteiger partial charge is 0.465 e. The maximum atomic E-state index is 12.3. The van der Waals surface area contributed by atoms with Crippen molar-refractivity contribution >= 4 is 18.0 Å². The lowest BCUT2D eigenvalue weighted by atomic mass is 10.1. The summed E-state index contributed by atoms with van der Waals surface area (Å²) >= 11 is 0. The first-order chi connectivity index (χ1) is 11.9. The molecule has 0 aliphatic carbocycles. The van der Waals surface area contributed by atoms with Gasteiger partial charge in [-0.05, 0) is 19.3 Å². The van der Waals surface area contributed by atoms with Crippen LogP contribution in [0.25, 0.3) is 0 Å². The number of esters is 2. The van der Waals surface area contributed by atoms with Gasteiger partial charge in [-0.1, -0.05) is 13.8 Å². The lowest BCUT2D eigenvalue weighted by molar-refractivity contribution is -0.141. The lowest BCUT2D eigenvalue weighted by Crippen LogP contribution is -2.42. The first-order valence-electron chi connectivity index (χ1n) is 8.08. The fourth-order valence-electron chi connectivity index (χ4n) is 1.88. The highest BCUT2D eigenvalue weighted by Crippen LogP contribution is 2.10. The summed E-state index contributed by atoms with van der Waals surface area (Å²) in [4.78, 5) is 40.6. The minimum Gasteiger partial charge on any atom is -0.465 e. The molecule has 1 N–H and O–H groups in total. The highest BCUT2D eigenvalue weighted by molar-refractivity contribution is 5.86. The predicted molar refractivity (Wildman–Crippen MR) is 87.7 cm³/mol. The van der Waals surface area contributed by atoms with E-state index < -0.39 is 18.0 Å². The second-order valence-electron chi connectivity index (χ2n) is 5.69. The van der Waals surface area contributed by atoms with Crippen LogP contribution in [0.3, 0.4) is 0 Å². The summed E-state index contributed by atoms with van der Waals surface area (Å²) in [6.07, 6.45) is 1.94. The van der Waals surface area contributed by atoms with Gasteiger partial charge in [0.1, 0.15) is 12.8 Å². The molecule has 0 fully saturated rings. The van der Waals surface area contributed by atoms with Crippen LogP contribution in [-0.2, 0) is 20.8 Å². The van der Waals surface area contributed by atoms with Crippen LogP contribution in [-0.4, -0.2) is 54.7 Å². The van der Waals surface area contributed by atoms with Gasteiger partial charge in [0.2, 0.25) is 5.89 Å². The number of carbonyl (C=O) groups is 3. The molecule has 0 saturated heterocycles. The fourth-order valence-corrected chi connectivity index (χ4v) is 1.88. The second-order valence-corrected chi connectivity index (χ2v) is 5.69. The standard InChI is InChI=1S/C16H25N3O6/c1-5-24-14(20)8-17-16(22)19(7-6-11(2)3)9-13-18-12(10-25-13)15(21)23-4/h10-11H,5-9H2,1-4H3,(H,17,22). The summed E-state index contributed by atoms with van der Waals surface area (Å²) in [5.41, 5.74) is 0.0354. The molecule has 0 unspecified atom stereocenters. The molecule has 1 rings (SSSR count). The topological polar surface area (TPSA) is 111 Å². The summed E-state index contributed by atoms with van der Waals surface area (Å²) < 4.78 is 14.6. The van der Waals surface area contributed by atoms with E-state index in [1.54, 1.807) is 6.92 Å². The third-order valence-electron chi connectivity index (χ3n) is 3.23. The van der Waals surface area contributed by atoms with Gasteiger partial charge in [-0.3, -0.25) is 4.79 Å². The Hall–Kier alpha value is -2.58. The summed E-state index contributed by atoms with van der Waals surface area (Å²) in [6.45, 7) is 6.31. The van der Waals surface area contributed by atoms with Crippen LogP contribution in [0, 0.1) is 5.92 Å². The maximum absolute atomic E-state index is 12.3. The van der Waals surface area contributed by atoms with E-state index in [1.165, 1.54) is 18.3 Å². The molecular weight excluding hydrogens is 330 g/mol. The number of urea groups is 1. The first kappa shape index (κ1) is 20.5. The Morgan fingerprint density at radius 1 is 1.36 bits per heavy atom. The predicted octanol–water partition coefficient (Wildman–Crippen LogP) is 1.58. The second kappa shape index (κ2) is 10.3. The van der Waals surface area contributed by atoms with Crippen molar-refractivity contribution in [2.24, 2.45) is 5.92 Å². The highest BCUT2D eigenvalue weighted by Gasteiger charge is 2.19. The van der Waals surface area contributed by atoms with Crippen LogP contribution in [0.5, 0.6) is 0 Å². The maximum Gasteiger partial charge on any atom is 0.360 e. The van der Waals surface area contributed by atoms with E-state index in [9.17, 15) is 14.4 Å². The summed E-state index contributed by atoms with van der Waals surface area (Å²) in [7, 11) is 1.24. The van der Waals surface area contributed by atoms with E-state index in [0.717, 1.165) is 6.42 Å². The van der Waals surface area contributed by atoms with E-state index in [2.05, 4.69) is 15.0 Å². The number of hydrogen-bond acceptors (Lipinski definition) is 7. The average molecular weight is 355 g/mol. The molecule has 9 heteroatoms. The van der Waals surface area contributed by atoms with Crippen molar-refractivity contribution < 1.29 is 28.3 Å². The van der Waals surface area contributed by atoms with Gasteiger partial charge in [-0.15, -0.1) is 0 Å². The number of methoxy groups -OCH3 is 1. The van der Waals surface area contributed by atoms with E-state index in [4.69, 9.17) is 9.15 Å². The molecular formula is C16H25N3O6. The molecule has 1 heterocycles. The zero-order chi connectivity index (χ0) is 18.8. The van der Waals surface area contributed by atoms with Crippen LogP contribution < -0.4 is 5.32 Å². The molecule has 0 saturated carbocycles. The lowest BCUT2D eigenvalue weighted by Gasteiger charge is -2.22. The van der Waals surface area contributed by atoms with E-state index in [1.807, 2.05) is 13.8 Å². The van der Waals surface area contributed by atoms with Gasteiger partial charge in [0, 0.05) is 6.54 Å². The number of nitrogens with one attached hydrogen (secondary N) is 1. The number of amides is 2. The number of nitrogens with zero attached hydrogens (tertiary/aromatic N) is 2. The van der Waals surface area contributed by atoms with Crippen LogP contribution >= 0.6 is 0 Å². The number of ether oxygens (including phenoxy) is 2. The summed E-state index contributed by atoms with van der Waals surface area (Å²) in [5, 5.41) is 2.50. The van der Waals surface area contributed by atoms with Gasteiger partial charge in [-0.25, -0.2) is 14.6 Å². The van der Waals surface area contributed by atoms with Gasteiger partial charge < -0.3 is 24.1 Å². The quantitative estimate of drug-likeness (QED) is 0.669. The Morgan fingerprint density at radius 2 is 2.08 bits per heavy atom. The smallest absolute Gasteiger partial charge is 0.360 e. The SMILES string of the molecule is CCOC(=O)CNC(=O)N(CCC(C)C)Cc1nc(C(=O)OC)co1. The Balaban J connectivity index is 2.71. The minimum absolute atomic E-state index is 0.0354. The molecule has 2 amide bonds. The number of hydrogen-bond donors (Lipinski definition) is 1. The molecule has 1 aromatic heterocycles. The molecule has 25 heavy (non-hydrogen) atoms. The van der Waals surface area contributed by atoms with Gasteiger partial charge >= 0.3 is 18.0 Å². The number of aromatic nitrogens is 1. The molecule has 0 spiro atoms. The van der Waals surface area contributed by atoms with E-state index >= 15 is 0 Å². The monoisotopic (exact) mass is 355 g/mol. The van der Waals surface area contributed by atoms with Crippen molar-refractivity contribution in [1.82, 2.24) is 15.2 Å². The van der Waals surface area contributed by atoms with Crippen molar-refractivity contribution in [3.8, 4) is 0 Å². The van der Waals surface area contributed by atoms with Crippen molar-refractivity contribution in [2.45, 2.75) is 33.7 Å².